The molecule has 0 aliphatic rings. The van der Waals surface area contributed by atoms with Gasteiger partial charge in [-0.2, -0.15) is 0 Å². The van der Waals surface area contributed by atoms with Gasteiger partial charge in [0.25, 0.3) is 0 Å². The highest BCUT2D eigenvalue weighted by atomic mass is 35.5. The molecular formula is C11H11Cl2N3O. The van der Waals surface area contributed by atoms with E-state index in [1.807, 2.05) is 6.07 Å². The van der Waals surface area contributed by atoms with E-state index in [2.05, 4.69) is 15.3 Å². The number of hydrogen-bond donors (Lipinski definition) is 2. The van der Waals surface area contributed by atoms with E-state index in [0.29, 0.717) is 28.3 Å². The van der Waals surface area contributed by atoms with Crippen molar-refractivity contribution in [2.75, 3.05) is 11.9 Å². The number of aliphatic hydroxyl groups excluding tert-OH is 1. The highest BCUT2D eigenvalue weighted by Gasteiger charge is 2.10. The molecule has 0 radical (unpaired) electrons. The fourth-order valence-corrected chi connectivity index (χ4v) is 1.92. The van der Waals surface area contributed by atoms with Crippen LogP contribution in [0, 0.1) is 0 Å². The van der Waals surface area contributed by atoms with Crippen LogP contribution in [0.15, 0.2) is 18.2 Å². The van der Waals surface area contributed by atoms with Crippen molar-refractivity contribution < 1.29 is 5.11 Å². The zero-order chi connectivity index (χ0) is 12.4. The predicted molar refractivity (Wildman–Crippen MR) is 69.7 cm³/mol. The van der Waals surface area contributed by atoms with E-state index in [-0.39, 0.29) is 5.28 Å². The second-order valence-electron chi connectivity index (χ2n) is 3.71. The Balaban J connectivity index is 2.52. The van der Waals surface area contributed by atoms with E-state index in [9.17, 15) is 5.11 Å². The van der Waals surface area contributed by atoms with Crippen molar-refractivity contribution >= 4 is 39.9 Å². The van der Waals surface area contributed by atoms with Crippen LogP contribution in [0.25, 0.3) is 10.9 Å². The molecule has 1 unspecified atom stereocenters. The lowest BCUT2D eigenvalue weighted by molar-refractivity contribution is 0.208. The molecule has 0 saturated carbocycles. The average Bonchev–Trinajstić information content (AvgIpc) is 2.25. The van der Waals surface area contributed by atoms with Gasteiger partial charge in [-0.05, 0) is 30.7 Å². The topological polar surface area (TPSA) is 58.0 Å². The summed E-state index contributed by atoms with van der Waals surface area (Å²) >= 11 is 11.9. The van der Waals surface area contributed by atoms with Gasteiger partial charge in [-0.3, -0.25) is 0 Å². The van der Waals surface area contributed by atoms with E-state index >= 15 is 0 Å². The third kappa shape index (κ3) is 2.77. The van der Waals surface area contributed by atoms with Gasteiger partial charge < -0.3 is 10.4 Å². The predicted octanol–water partition coefficient (Wildman–Crippen LogP) is 2.73. The van der Waals surface area contributed by atoms with Crippen LogP contribution >= 0.6 is 23.2 Å². The molecule has 4 nitrogen and oxygen atoms in total. The fourth-order valence-electron chi connectivity index (χ4n) is 1.49. The summed E-state index contributed by atoms with van der Waals surface area (Å²) in [5, 5.41) is 13.7. The Kier molecular flexibility index (Phi) is 3.66. The Labute approximate surface area is 109 Å². The van der Waals surface area contributed by atoms with E-state index < -0.39 is 6.10 Å². The van der Waals surface area contributed by atoms with E-state index in [0.717, 1.165) is 0 Å². The maximum absolute atomic E-state index is 9.25. The minimum Gasteiger partial charge on any atom is -0.392 e. The minimum absolute atomic E-state index is 0.146. The largest absolute Gasteiger partial charge is 0.392 e. The van der Waals surface area contributed by atoms with Crippen molar-refractivity contribution in [1.29, 1.82) is 0 Å². The molecule has 0 amide bonds. The lowest BCUT2D eigenvalue weighted by Gasteiger charge is -2.11. The summed E-state index contributed by atoms with van der Waals surface area (Å²) in [6, 6.07) is 5.36. The molecule has 0 spiro atoms. The number of aliphatic hydroxyl groups is 1. The molecule has 17 heavy (non-hydrogen) atoms. The second-order valence-corrected chi connectivity index (χ2v) is 4.45. The normalized spacial score (nSPS) is 12.7. The molecule has 2 N–H and O–H groups in total. The van der Waals surface area contributed by atoms with Crippen molar-refractivity contribution in [3.63, 3.8) is 0 Å². The van der Waals surface area contributed by atoms with Gasteiger partial charge in [0.1, 0.15) is 5.82 Å². The highest BCUT2D eigenvalue weighted by Crippen LogP contribution is 2.28. The van der Waals surface area contributed by atoms with Gasteiger partial charge in [0.15, 0.2) is 0 Å². The van der Waals surface area contributed by atoms with Crippen LogP contribution in [0.4, 0.5) is 5.82 Å². The highest BCUT2D eigenvalue weighted by molar-refractivity contribution is 6.36. The summed E-state index contributed by atoms with van der Waals surface area (Å²) in [6.45, 7) is 2.05. The van der Waals surface area contributed by atoms with Crippen LogP contribution in [0.2, 0.25) is 10.3 Å². The number of nitrogens with zero attached hydrogens (tertiary/aromatic N) is 2. The van der Waals surface area contributed by atoms with E-state index in [1.54, 1.807) is 19.1 Å². The zero-order valence-electron chi connectivity index (χ0n) is 9.11. The first kappa shape index (κ1) is 12.4. The smallest absolute Gasteiger partial charge is 0.224 e. The summed E-state index contributed by atoms with van der Waals surface area (Å²) in [5.74, 6) is 0.534. The maximum Gasteiger partial charge on any atom is 0.224 e. The van der Waals surface area contributed by atoms with Gasteiger partial charge >= 0.3 is 0 Å². The number of fused-ring (bicyclic) bond motifs is 1. The number of rotatable bonds is 3. The van der Waals surface area contributed by atoms with Crippen molar-refractivity contribution in [2.24, 2.45) is 0 Å². The fraction of sp³-hybridized carbons (Fsp3) is 0.273. The van der Waals surface area contributed by atoms with E-state index in [1.165, 1.54) is 0 Å². The average molecular weight is 272 g/mol. The molecule has 1 atom stereocenters. The van der Waals surface area contributed by atoms with Gasteiger partial charge in [0, 0.05) is 6.54 Å². The molecule has 0 bridgehead atoms. The molecule has 0 aliphatic carbocycles. The third-order valence-corrected chi connectivity index (χ3v) is 2.69. The minimum atomic E-state index is -0.485. The van der Waals surface area contributed by atoms with Gasteiger partial charge in [-0.15, -0.1) is 0 Å². The van der Waals surface area contributed by atoms with Crippen LogP contribution in [0.1, 0.15) is 6.92 Å². The Morgan fingerprint density at radius 2 is 2.12 bits per heavy atom. The Bertz CT molecular complexity index is 545. The first-order chi connectivity index (χ1) is 8.08. The molecular weight excluding hydrogens is 261 g/mol. The van der Waals surface area contributed by atoms with Crippen LogP contribution < -0.4 is 5.32 Å². The quantitative estimate of drug-likeness (QED) is 0.843. The monoisotopic (exact) mass is 271 g/mol. The Morgan fingerprint density at radius 3 is 2.82 bits per heavy atom. The Morgan fingerprint density at radius 1 is 1.35 bits per heavy atom. The molecule has 90 valence electrons. The molecule has 2 aromatic rings. The number of anilines is 1. The van der Waals surface area contributed by atoms with Gasteiger partial charge in [-0.25, -0.2) is 9.97 Å². The molecule has 1 aromatic heterocycles. The molecule has 0 aliphatic heterocycles. The van der Waals surface area contributed by atoms with Crippen molar-refractivity contribution in [1.82, 2.24) is 9.97 Å². The number of hydrogen-bond acceptors (Lipinski definition) is 4. The van der Waals surface area contributed by atoms with Crippen LogP contribution in [-0.4, -0.2) is 27.7 Å². The van der Waals surface area contributed by atoms with Gasteiger partial charge in [-0.1, -0.05) is 17.7 Å². The van der Waals surface area contributed by atoms with Crippen LogP contribution in [0.5, 0.6) is 0 Å². The Hall–Kier alpha value is -1.10. The zero-order valence-corrected chi connectivity index (χ0v) is 10.6. The molecule has 0 fully saturated rings. The number of benzene rings is 1. The summed E-state index contributed by atoms with van der Waals surface area (Å²) in [4.78, 5) is 8.17. The number of aromatic nitrogens is 2. The maximum atomic E-state index is 9.25. The molecule has 2 rings (SSSR count). The van der Waals surface area contributed by atoms with E-state index in [4.69, 9.17) is 23.2 Å². The van der Waals surface area contributed by atoms with Gasteiger partial charge in [0.05, 0.1) is 22.0 Å². The molecule has 1 heterocycles. The second kappa shape index (κ2) is 5.04. The van der Waals surface area contributed by atoms with Gasteiger partial charge in [0.2, 0.25) is 5.28 Å². The SMILES string of the molecule is CC(O)CNc1nc(Cl)nc2cccc(Cl)c12. The summed E-state index contributed by atoms with van der Waals surface area (Å²) in [6.07, 6.45) is -0.485. The lowest BCUT2D eigenvalue weighted by atomic mass is 10.2. The summed E-state index contributed by atoms with van der Waals surface area (Å²) in [5.41, 5.74) is 0.672. The van der Waals surface area contributed by atoms with Crippen molar-refractivity contribution in [3.8, 4) is 0 Å². The molecule has 6 heteroatoms. The number of nitrogens with one attached hydrogen (secondary N) is 1. The molecule has 0 saturated heterocycles. The van der Waals surface area contributed by atoms with Crippen LogP contribution in [-0.2, 0) is 0 Å². The van der Waals surface area contributed by atoms with Crippen molar-refractivity contribution in [2.45, 2.75) is 13.0 Å². The number of halogens is 2. The summed E-state index contributed by atoms with van der Waals surface area (Å²) in [7, 11) is 0. The van der Waals surface area contributed by atoms with Crippen LogP contribution in [0.3, 0.4) is 0 Å². The molecule has 1 aromatic carbocycles. The first-order valence-electron chi connectivity index (χ1n) is 5.11. The summed E-state index contributed by atoms with van der Waals surface area (Å²) < 4.78 is 0. The van der Waals surface area contributed by atoms with Crippen molar-refractivity contribution in [3.05, 3.63) is 28.5 Å². The standard InChI is InChI=1S/C11H11Cl2N3O/c1-6(17)5-14-10-9-7(12)3-2-4-8(9)15-11(13)16-10/h2-4,6,17H,5H2,1H3,(H,14,15,16). The third-order valence-electron chi connectivity index (χ3n) is 2.21. The lowest BCUT2D eigenvalue weighted by Crippen LogP contribution is -2.16. The first-order valence-corrected chi connectivity index (χ1v) is 5.87.